The molecule has 0 spiro atoms. The molecule has 0 aromatic carbocycles. The Bertz CT molecular complexity index is 586. The van der Waals surface area contributed by atoms with Crippen LogP contribution in [-0.4, -0.2) is 15.9 Å². The highest BCUT2D eigenvalue weighted by Crippen LogP contribution is 2.34. The molecular formula is C13H16N4OS. The van der Waals surface area contributed by atoms with E-state index in [9.17, 15) is 4.79 Å². The minimum absolute atomic E-state index is 0.139. The molecule has 6 heteroatoms. The average molecular weight is 276 g/mol. The minimum Gasteiger partial charge on any atom is -0.389 e. The number of nitrogens with one attached hydrogen (secondary N) is 1. The Labute approximate surface area is 115 Å². The summed E-state index contributed by atoms with van der Waals surface area (Å²) in [6.07, 6.45) is 3.15. The zero-order chi connectivity index (χ0) is 14.0. The highest BCUT2D eigenvalue weighted by molar-refractivity contribution is 7.19. The summed E-state index contributed by atoms with van der Waals surface area (Å²) < 4.78 is 0. The second kappa shape index (κ2) is 4.97. The summed E-state index contributed by atoms with van der Waals surface area (Å²) in [5.74, 6) is -0.211. The highest BCUT2D eigenvalue weighted by Gasteiger charge is 2.22. The summed E-state index contributed by atoms with van der Waals surface area (Å²) in [7, 11) is 0. The van der Waals surface area contributed by atoms with Crippen molar-refractivity contribution in [1.29, 1.82) is 0 Å². The van der Waals surface area contributed by atoms with E-state index in [-0.39, 0.29) is 11.3 Å². The largest absolute Gasteiger partial charge is 0.389 e. The van der Waals surface area contributed by atoms with Crippen LogP contribution in [-0.2, 0) is 5.41 Å². The molecule has 0 fully saturated rings. The number of thiazole rings is 1. The van der Waals surface area contributed by atoms with Gasteiger partial charge < -0.3 is 5.73 Å². The number of nitrogens with two attached hydrogens (primary N) is 1. The maximum absolute atomic E-state index is 12.0. The fraction of sp³-hybridized carbons (Fsp3) is 0.308. The molecule has 0 aliphatic carbocycles. The molecule has 0 saturated carbocycles. The molecule has 2 rings (SSSR count). The molecule has 3 N–H and O–H groups in total. The number of nitrogens with zero attached hydrogens (tertiary/aromatic N) is 2. The third kappa shape index (κ3) is 3.08. The van der Waals surface area contributed by atoms with Gasteiger partial charge in [0.2, 0.25) is 0 Å². The van der Waals surface area contributed by atoms with Crippen LogP contribution in [0.15, 0.2) is 24.5 Å². The Balaban J connectivity index is 2.19. The lowest BCUT2D eigenvalue weighted by atomic mass is 9.93. The number of aromatic nitrogens is 2. The highest BCUT2D eigenvalue weighted by atomic mass is 32.1. The number of carbonyl (C=O) groups excluding carboxylic acids is 1. The summed E-state index contributed by atoms with van der Waals surface area (Å²) in [6, 6.07) is 3.30. The number of amides is 1. The Morgan fingerprint density at radius 1 is 1.32 bits per heavy atom. The third-order valence-corrected chi connectivity index (χ3v) is 3.33. The van der Waals surface area contributed by atoms with Gasteiger partial charge in [-0.25, -0.2) is 4.98 Å². The van der Waals surface area contributed by atoms with Gasteiger partial charge in [0.25, 0.3) is 5.91 Å². The molecule has 100 valence electrons. The Morgan fingerprint density at radius 3 is 2.47 bits per heavy atom. The van der Waals surface area contributed by atoms with E-state index in [1.807, 2.05) is 20.8 Å². The summed E-state index contributed by atoms with van der Waals surface area (Å²) in [5, 5.41) is 3.91. The van der Waals surface area contributed by atoms with Gasteiger partial charge in [0.15, 0.2) is 5.13 Å². The first-order chi connectivity index (χ1) is 8.88. The van der Waals surface area contributed by atoms with Crippen molar-refractivity contribution in [3.05, 3.63) is 35.8 Å². The lowest BCUT2D eigenvalue weighted by Gasteiger charge is -2.15. The predicted octanol–water partition coefficient (Wildman–Crippen LogP) is 2.67. The monoisotopic (exact) mass is 276 g/mol. The van der Waals surface area contributed by atoms with Gasteiger partial charge in [0.1, 0.15) is 5.00 Å². The third-order valence-electron chi connectivity index (χ3n) is 2.53. The van der Waals surface area contributed by atoms with E-state index in [2.05, 4.69) is 15.3 Å². The van der Waals surface area contributed by atoms with Crippen molar-refractivity contribution in [3.63, 3.8) is 0 Å². The molecule has 0 bridgehead atoms. The molecule has 2 aromatic heterocycles. The lowest BCUT2D eigenvalue weighted by molar-refractivity contribution is 0.102. The average Bonchev–Trinajstić information content (AvgIpc) is 2.71. The van der Waals surface area contributed by atoms with Crippen molar-refractivity contribution < 1.29 is 4.79 Å². The van der Waals surface area contributed by atoms with E-state index in [0.29, 0.717) is 15.7 Å². The van der Waals surface area contributed by atoms with Gasteiger partial charge >= 0.3 is 0 Å². The van der Waals surface area contributed by atoms with Crippen LogP contribution >= 0.6 is 11.3 Å². The van der Waals surface area contributed by atoms with Crippen molar-refractivity contribution in [2.24, 2.45) is 0 Å². The van der Waals surface area contributed by atoms with Gasteiger partial charge in [-0.1, -0.05) is 32.1 Å². The van der Waals surface area contributed by atoms with Gasteiger partial charge in [-0.15, -0.1) is 0 Å². The molecule has 0 saturated heterocycles. The molecular weight excluding hydrogens is 260 g/mol. The molecule has 1 amide bonds. The smallest absolute Gasteiger partial charge is 0.257 e. The molecule has 0 aliphatic heterocycles. The molecule has 19 heavy (non-hydrogen) atoms. The van der Waals surface area contributed by atoms with Crippen LogP contribution in [0.4, 0.5) is 10.1 Å². The SMILES string of the molecule is CC(C)(C)c1nc(NC(=O)c2ccncc2)sc1N. The van der Waals surface area contributed by atoms with Crippen LogP contribution in [0, 0.1) is 0 Å². The summed E-state index contributed by atoms with van der Waals surface area (Å²) in [5.41, 5.74) is 7.15. The maximum Gasteiger partial charge on any atom is 0.257 e. The molecule has 5 nitrogen and oxygen atoms in total. The second-order valence-electron chi connectivity index (χ2n) is 5.17. The van der Waals surface area contributed by atoms with Crippen molar-refractivity contribution >= 4 is 27.4 Å². The topological polar surface area (TPSA) is 80.9 Å². The lowest BCUT2D eigenvalue weighted by Crippen LogP contribution is -2.15. The van der Waals surface area contributed by atoms with E-state index < -0.39 is 0 Å². The maximum atomic E-state index is 12.0. The second-order valence-corrected chi connectivity index (χ2v) is 6.20. The fourth-order valence-corrected chi connectivity index (χ4v) is 2.53. The van der Waals surface area contributed by atoms with Crippen molar-refractivity contribution in [1.82, 2.24) is 9.97 Å². The van der Waals surface area contributed by atoms with Gasteiger partial charge in [0.05, 0.1) is 5.69 Å². The van der Waals surface area contributed by atoms with Crippen LogP contribution in [0.5, 0.6) is 0 Å². The van der Waals surface area contributed by atoms with Crippen LogP contribution in [0.1, 0.15) is 36.8 Å². The minimum atomic E-state index is -0.211. The molecule has 0 unspecified atom stereocenters. The number of hydrogen-bond acceptors (Lipinski definition) is 5. The Kier molecular flexibility index (Phi) is 3.53. The van der Waals surface area contributed by atoms with Crippen LogP contribution in [0.3, 0.4) is 0 Å². The molecule has 2 aromatic rings. The van der Waals surface area contributed by atoms with E-state index in [1.54, 1.807) is 24.5 Å². The van der Waals surface area contributed by atoms with E-state index in [0.717, 1.165) is 5.69 Å². The number of nitrogen functional groups attached to an aromatic ring is 1. The normalized spacial score (nSPS) is 11.3. The number of carbonyl (C=O) groups is 1. The van der Waals surface area contributed by atoms with Crippen LogP contribution in [0.25, 0.3) is 0 Å². The van der Waals surface area contributed by atoms with Crippen molar-refractivity contribution in [2.45, 2.75) is 26.2 Å². The summed E-state index contributed by atoms with van der Waals surface area (Å²) in [6.45, 7) is 6.10. The number of anilines is 2. The Hall–Kier alpha value is -1.95. The molecule has 0 atom stereocenters. The zero-order valence-corrected chi connectivity index (χ0v) is 11.9. The summed E-state index contributed by atoms with van der Waals surface area (Å²) in [4.78, 5) is 20.2. The number of hydrogen-bond donors (Lipinski definition) is 2. The van der Waals surface area contributed by atoms with Crippen LogP contribution < -0.4 is 11.1 Å². The van der Waals surface area contributed by atoms with E-state index in [1.165, 1.54) is 11.3 Å². The first-order valence-electron chi connectivity index (χ1n) is 5.86. The first kappa shape index (κ1) is 13.5. The van der Waals surface area contributed by atoms with Gasteiger partial charge in [-0.05, 0) is 12.1 Å². The number of rotatable bonds is 2. The van der Waals surface area contributed by atoms with E-state index >= 15 is 0 Å². The van der Waals surface area contributed by atoms with E-state index in [4.69, 9.17) is 5.73 Å². The molecule has 2 heterocycles. The number of pyridine rings is 1. The standard InChI is InChI=1S/C13H16N4OS/c1-13(2,3)9-10(14)19-12(16-9)17-11(18)8-4-6-15-7-5-8/h4-7H,14H2,1-3H3,(H,16,17,18). The van der Waals surface area contributed by atoms with Gasteiger partial charge in [-0.2, -0.15) is 0 Å². The quantitative estimate of drug-likeness (QED) is 0.883. The predicted molar refractivity (Wildman–Crippen MR) is 77.4 cm³/mol. The van der Waals surface area contributed by atoms with Crippen molar-refractivity contribution in [3.8, 4) is 0 Å². The fourth-order valence-electron chi connectivity index (χ4n) is 1.60. The van der Waals surface area contributed by atoms with Crippen molar-refractivity contribution in [2.75, 3.05) is 11.1 Å². The molecule has 0 aliphatic rings. The molecule has 0 radical (unpaired) electrons. The van der Waals surface area contributed by atoms with Gasteiger partial charge in [-0.3, -0.25) is 15.1 Å². The first-order valence-corrected chi connectivity index (χ1v) is 6.68. The summed E-state index contributed by atoms with van der Waals surface area (Å²) >= 11 is 1.28. The van der Waals surface area contributed by atoms with Gasteiger partial charge in [0, 0.05) is 23.4 Å². The Morgan fingerprint density at radius 2 is 1.95 bits per heavy atom. The zero-order valence-electron chi connectivity index (χ0n) is 11.1. The van der Waals surface area contributed by atoms with Crippen LogP contribution in [0.2, 0.25) is 0 Å².